The second kappa shape index (κ2) is 5.30. The predicted octanol–water partition coefficient (Wildman–Crippen LogP) is 2.32. The molecule has 1 aliphatic carbocycles. The van der Waals surface area contributed by atoms with Crippen LogP contribution in [0.15, 0.2) is 18.3 Å². The van der Waals surface area contributed by atoms with E-state index >= 15 is 0 Å². The van der Waals surface area contributed by atoms with Gasteiger partial charge in [-0.1, -0.05) is 0 Å². The molecule has 0 amide bonds. The zero-order valence-electron chi connectivity index (χ0n) is 9.95. The SMILES string of the molecule is Cc1cc(NCC2CCC(N)CC2)ccn1. The molecule has 0 aliphatic heterocycles. The van der Waals surface area contributed by atoms with E-state index in [1.807, 2.05) is 19.2 Å². The summed E-state index contributed by atoms with van der Waals surface area (Å²) in [6, 6.07) is 4.57. The molecule has 3 N–H and O–H groups in total. The number of pyridine rings is 1. The van der Waals surface area contributed by atoms with Gasteiger partial charge in [0.15, 0.2) is 0 Å². The van der Waals surface area contributed by atoms with Gasteiger partial charge in [0.05, 0.1) is 0 Å². The van der Waals surface area contributed by atoms with Gasteiger partial charge in [0, 0.05) is 30.2 Å². The molecule has 1 heterocycles. The van der Waals surface area contributed by atoms with E-state index in [0.717, 1.165) is 18.2 Å². The van der Waals surface area contributed by atoms with E-state index in [2.05, 4.69) is 16.4 Å². The number of hydrogen-bond acceptors (Lipinski definition) is 3. The molecule has 0 radical (unpaired) electrons. The van der Waals surface area contributed by atoms with Crippen LogP contribution >= 0.6 is 0 Å². The largest absolute Gasteiger partial charge is 0.385 e. The van der Waals surface area contributed by atoms with Gasteiger partial charge in [-0.3, -0.25) is 4.98 Å². The van der Waals surface area contributed by atoms with E-state index in [0.29, 0.717) is 6.04 Å². The first-order valence-electron chi connectivity index (χ1n) is 6.16. The van der Waals surface area contributed by atoms with E-state index in [1.165, 1.54) is 31.4 Å². The molecule has 0 aromatic carbocycles. The van der Waals surface area contributed by atoms with Crippen LogP contribution in [-0.4, -0.2) is 17.6 Å². The zero-order valence-corrected chi connectivity index (χ0v) is 9.95. The second-order valence-electron chi connectivity index (χ2n) is 4.85. The summed E-state index contributed by atoms with van der Waals surface area (Å²) in [5, 5.41) is 3.49. The molecule has 1 saturated carbocycles. The smallest absolute Gasteiger partial charge is 0.0393 e. The van der Waals surface area contributed by atoms with Crippen molar-refractivity contribution in [3.63, 3.8) is 0 Å². The molecule has 0 spiro atoms. The average molecular weight is 219 g/mol. The Morgan fingerprint density at radius 3 is 2.81 bits per heavy atom. The third kappa shape index (κ3) is 3.20. The maximum atomic E-state index is 5.90. The highest BCUT2D eigenvalue weighted by atomic mass is 14.9. The van der Waals surface area contributed by atoms with Crippen molar-refractivity contribution in [1.29, 1.82) is 0 Å². The monoisotopic (exact) mass is 219 g/mol. The molecule has 1 aromatic rings. The molecular formula is C13H21N3. The minimum Gasteiger partial charge on any atom is -0.385 e. The number of nitrogens with one attached hydrogen (secondary N) is 1. The first-order valence-corrected chi connectivity index (χ1v) is 6.16. The van der Waals surface area contributed by atoms with Crippen molar-refractivity contribution < 1.29 is 0 Å². The maximum absolute atomic E-state index is 5.90. The lowest BCUT2D eigenvalue weighted by Gasteiger charge is -2.26. The molecule has 3 nitrogen and oxygen atoms in total. The fraction of sp³-hybridized carbons (Fsp3) is 0.615. The Morgan fingerprint density at radius 2 is 2.12 bits per heavy atom. The van der Waals surface area contributed by atoms with Crippen LogP contribution in [0.2, 0.25) is 0 Å². The number of nitrogens with two attached hydrogens (primary N) is 1. The van der Waals surface area contributed by atoms with E-state index in [4.69, 9.17) is 5.73 Å². The first-order chi connectivity index (χ1) is 7.74. The van der Waals surface area contributed by atoms with E-state index < -0.39 is 0 Å². The third-order valence-corrected chi connectivity index (χ3v) is 3.38. The Bertz CT molecular complexity index is 330. The lowest BCUT2D eigenvalue weighted by Crippen LogP contribution is -2.29. The number of anilines is 1. The van der Waals surface area contributed by atoms with Crippen LogP contribution in [0.5, 0.6) is 0 Å². The van der Waals surface area contributed by atoms with Gasteiger partial charge in [0.1, 0.15) is 0 Å². The van der Waals surface area contributed by atoms with Crippen molar-refractivity contribution in [1.82, 2.24) is 4.98 Å². The molecule has 1 fully saturated rings. The van der Waals surface area contributed by atoms with Crippen LogP contribution < -0.4 is 11.1 Å². The van der Waals surface area contributed by atoms with E-state index in [-0.39, 0.29) is 0 Å². The first kappa shape index (κ1) is 11.4. The van der Waals surface area contributed by atoms with E-state index in [9.17, 15) is 0 Å². The third-order valence-electron chi connectivity index (χ3n) is 3.38. The Morgan fingerprint density at radius 1 is 1.38 bits per heavy atom. The summed E-state index contributed by atoms with van der Waals surface area (Å²) >= 11 is 0. The van der Waals surface area contributed by atoms with Crippen LogP contribution in [-0.2, 0) is 0 Å². The van der Waals surface area contributed by atoms with Crippen LogP contribution in [0, 0.1) is 12.8 Å². The maximum Gasteiger partial charge on any atom is 0.0393 e. The minimum absolute atomic E-state index is 0.444. The highest BCUT2D eigenvalue weighted by molar-refractivity contribution is 5.42. The number of hydrogen-bond donors (Lipinski definition) is 2. The van der Waals surface area contributed by atoms with Crippen molar-refractivity contribution in [2.24, 2.45) is 11.7 Å². The summed E-state index contributed by atoms with van der Waals surface area (Å²) in [6.07, 6.45) is 6.74. The van der Waals surface area contributed by atoms with Gasteiger partial charge in [-0.2, -0.15) is 0 Å². The fourth-order valence-electron chi connectivity index (χ4n) is 2.31. The van der Waals surface area contributed by atoms with Crippen molar-refractivity contribution in [3.05, 3.63) is 24.0 Å². The number of aryl methyl sites for hydroxylation is 1. The van der Waals surface area contributed by atoms with Crippen molar-refractivity contribution in [2.45, 2.75) is 38.6 Å². The molecule has 3 heteroatoms. The molecule has 1 aliphatic rings. The molecule has 0 atom stereocenters. The second-order valence-corrected chi connectivity index (χ2v) is 4.85. The normalized spacial score (nSPS) is 25.4. The molecular weight excluding hydrogens is 198 g/mol. The average Bonchev–Trinajstić information content (AvgIpc) is 2.28. The molecule has 2 rings (SSSR count). The molecule has 1 aromatic heterocycles. The Kier molecular flexibility index (Phi) is 3.78. The van der Waals surface area contributed by atoms with Crippen molar-refractivity contribution >= 4 is 5.69 Å². The summed E-state index contributed by atoms with van der Waals surface area (Å²) in [4.78, 5) is 4.19. The fourth-order valence-corrected chi connectivity index (χ4v) is 2.31. The van der Waals surface area contributed by atoms with Gasteiger partial charge in [-0.15, -0.1) is 0 Å². The predicted molar refractivity (Wildman–Crippen MR) is 67.4 cm³/mol. The zero-order chi connectivity index (χ0) is 11.4. The molecule has 0 unspecified atom stereocenters. The highest BCUT2D eigenvalue weighted by Gasteiger charge is 2.17. The summed E-state index contributed by atoms with van der Waals surface area (Å²) < 4.78 is 0. The van der Waals surface area contributed by atoms with Gasteiger partial charge in [-0.05, 0) is 50.7 Å². The summed E-state index contributed by atoms with van der Waals surface area (Å²) in [6.45, 7) is 3.08. The van der Waals surface area contributed by atoms with Gasteiger partial charge < -0.3 is 11.1 Å². The van der Waals surface area contributed by atoms with Crippen molar-refractivity contribution in [3.8, 4) is 0 Å². The Hall–Kier alpha value is -1.09. The lowest BCUT2D eigenvalue weighted by molar-refractivity contribution is 0.339. The van der Waals surface area contributed by atoms with Gasteiger partial charge >= 0.3 is 0 Å². The van der Waals surface area contributed by atoms with Crippen LogP contribution in [0.4, 0.5) is 5.69 Å². The molecule has 0 bridgehead atoms. The Balaban J connectivity index is 1.79. The van der Waals surface area contributed by atoms with Gasteiger partial charge in [0.2, 0.25) is 0 Å². The minimum atomic E-state index is 0.444. The van der Waals surface area contributed by atoms with Gasteiger partial charge in [-0.25, -0.2) is 0 Å². The van der Waals surface area contributed by atoms with Crippen LogP contribution in [0.3, 0.4) is 0 Å². The number of aromatic nitrogens is 1. The van der Waals surface area contributed by atoms with Crippen LogP contribution in [0.1, 0.15) is 31.4 Å². The lowest BCUT2D eigenvalue weighted by atomic mass is 9.86. The summed E-state index contributed by atoms with van der Waals surface area (Å²) in [7, 11) is 0. The standard InChI is InChI=1S/C13H21N3/c1-10-8-13(6-7-15-10)16-9-11-2-4-12(14)5-3-11/h6-8,11-12H,2-5,9,14H2,1H3,(H,15,16). The summed E-state index contributed by atoms with van der Waals surface area (Å²) in [5.74, 6) is 0.785. The number of rotatable bonds is 3. The molecule has 0 saturated heterocycles. The van der Waals surface area contributed by atoms with Crippen molar-refractivity contribution in [2.75, 3.05) is 11.9 Å². The number of nitrogens with zero attached hydrogens (tertiary/aromatic N) is 1. The quantitative estimate of drug-likeness (QED) is 0.820. The van der Waals surface area contributed by atoms with Crippen LogP contribution in [0.25, 0.3) is 0 Å². The molecule has 16 heavy (non-hydrogen) atoms. The van der Waals surface area contributed by atoms with Gasteiger partial charge in [0.25, 0.3) is 0 Å². The molecule has 88 valence electrons. The topological polar surface area (TPSA) is 50.9 Å². The highest BCUT2D eigenvalue weighted by Crippen LogP contribution is 2.23. The summed E-state index contributed by atoms with van der Waals surface area (Å²) in [5.41, 5.74) is 8.14. The van der Waals surface area contributed by atoms with E-state index in [1.54, 1.807) is 0 Å². The Labute approximate surface area is 97.5 Å².